The summed E-state index contributed by atoms with van der Waals surface area (Å²) in [6, 6.07) is 15.8. The van der Waals surface area contributed by atoms with Gasteiger partial charge in [-0.2, -0.15) is 0 Å². The molecular formula is C24H16Cl2FN3O4. The van der Waals surface area contributed by atoms with Gasteiger partial charge in [0.1, 0.15) is 17.3 Å². The van der Waals surface area contributed by atoms with E-state index in [1.807, 2.05) is 0 Å². The lowest BCUT2D eigenvalue weighted by atomic mass is 10.2. The van der Waals surface area contributed by atoms with Gasteiger partial charge in [-0.15, -0.1) is 0 Å². The summed E-state index contributed by atoms with van der Waals surface area (Å²) in [7, 11) is 0. The van der Waals surface area contributed by atoms with Crippen LogP contribution in [0, 0.1) is 5.82 Å². The van der Waals surface area contributed by atoms with Crippen molar-refractivity contribution in [3.63, 3.8) is 0 Å². The molecule has 1 saturated heterocycles. The van der Waals surface area contributed by atoms with Crippen molar-refractivity contribution in [2.75, 3.05) is 16.8 Å². The fourth-order valence-electron chi connectivity index (χ4n) is 3.15. The van der Waals surface area contributed by atoms with Crippen LogP contribution in [0.25, 0.3) is 6.08 Å². The quantitative estimate of drug-likeness (QED) is 0.358. The van der Waals surface area contributed by atoms with Gasteiger partial charge in [0.05, 0.1) is 10.7 Å². The van der Waals surface area contributed by atoms with Crippen LogP contribution in [0.2, 0.25) is 10.0 Å². The normalized spacial score (nSPS) is 14.3. The number of rotatable bonds is 6. The van der Waals surface area contributed by atoms with E-state index in [1.165, 1.54) is 48.5 Å². The molecule has 0 spiro atoms. The van der Waals surface area contributed by atoms with E-state index in [0.29, 0.717) is 22.0 Å². The highest BCUT2D eigenvalue weighted by Crippen LogP contribution is 2.28. The Morgan fingerprint density at radius 1 is 1.06 bits per heavy atom. The smallest absolute Gasteiger partial charge is 0.333 e. The number of imide groups is 1. The first-order valence-corrected chi connectivity index (χ1v) is 10.7. The van der Waals surface area contributed by atoms with E-state index in [4.69, 9.17) is 27.9 Å². The number of carbonyl (C=O) groups is 3. The lowest BCUT2D eigenvalue weighted by Gasteiger charge is -2.11. The molecule has 1 aliphatic rings. The van der Waals surface area contributed by atoms with E-state index in [2.05, 4.69) is 10.6 Å². The second-order valence-electron chi connectivity index (χ2n) is 7.14. The van der Waals surface area contributed by atoms with Crippen molar-refractivity contribution in [1.29, 1.82) is 0 Å². The fraction of sp³-hybridized carbons (Fsp3) is 0.0417. The van der Waals surface area contributed by atoms with Crippen molar-refractivity contribution in [2.24, 2.45) is 0 Å². The molecule has 34 heavy (non-hydrogen) atoms. The minimum Gasteiger partial charge on any atom is -0.482 e. The molecular weight excluding hydrogens is 484 g/mol. The molecule has 2 N–H and O–H groups in total. The third-order valence-corrected chi connectivity index (χ3v) is 5.23. The Morgan fingerprint density at radius 2 is 1.82 bits per heavy atom. The molecule has 3 aromatic carbocycles. The molecule has 0 atom stereocenters. The first-order valence-electron chi connectivity index (χ1n) is 9.90. The van der Waals surface area contributed by atoms with Gasteiger partial charge in [-0.3, -0.25) is 9.59 Å². The van der Waals surface area contributed by atoms with Crippen molar-refractivity contribution < 1.29 is 23.5 Å². The van der Waals surface area contributed by atoms with Gasteiger partial charge in [0.25, 0.3) is 11.8 Å². The van der Waals surface area contributed by atoms with Crippen molar-refractivity contribution in [2.45, 2.75) is 0 Å². The van der Waals surface area contributed by atoms with Gasteiger partial charge in [0.2, 0.25) is 0 Å². The third kappa shape index (κ3) is 5.36. The Bertz CT molecular complexity index is 1310. The van der Waals surface area contributed by atoms with Crippen LogP contribution >= 0.6 is 23.2 Å². The number of halogens is 3. The standard InChI is InChI=1S/C24H16Cl2FN3O4/c25-15-2-1-3-18(12-15)30-23(32)20(29-24(30)33)11-14-4-9-21(19(26)10-14)34-13-22(31)28-17-7-5-16(27)6-8-17/h1-12H,13H2,(H,28,31)(H,29,33)/b20-11+. The second kappa shape index (κ2) is 9.94. The molecule has 7 nitrogen and oxygen atoms in total. The topological polar surface area (TPSA) is 87.7 Å². The second-order valence-corrected chi connectivity index (χ2v) is 7.99. The van der Waals surface area contributed by atoms with E-state index in [9.17, 15) is 18.8 Å². The molecule has 0 bridgehead atoms. The maximum Gasteiger partial charge on any atom is 0.333 e. The number of nitrogens with one attached hydrogen (secondary N) is 2. The summed E-state index contributed by atoms with van der Waals surface area (Å²) in [5, 5.41) is 5.69. The van der Waals surface area contributed by atoms with E-state index < -0.39 is 23.7 Å². The molecule has 0 aromatic heterocycles. The monoisotopic (exact) mass is 499 g/mol. The van der Waals surface area contributed by atoms with Gasteiger partial charge in [-0.05, 0) is 66.2 Å². The van der Waals surface area contributed by atoms with Gasteiger partial charge < -0.3 is 15.4 Å². The van der Waals surface area contributed by atoms with E-state index in [1.54, 1.807) is 24.3 Å². The lowest BCUT2D eigenvalue weighted by Crippen LogP contribution is -2.30. The number of ether oxygens (including phenoxy) is 1. The molecule has 0 radical (unpaired) electrons. The van der Waals surface area contributed by atoms with Crippen LogP contribution in [-0.4, -0.2) is 24.5 Å². The van der Waals surface area contributed by atoms with Crippen LogP contribution in [0.3, 0.4) is 0 Å². The number of anilines is 2. The molecule has 1 heterocycles. The maximum atomic E-state index is 12.9. The minimum absolute atomic E-state index is 0.0633. The molecule has 1 aliphatic heterocycles. The van der Waals surface area contributed by atoms with Crippen molar-refractivity contribution >= 4 is 58.5 Å². The van der Waals surface area contributed by atoms with Gasteiger partial charge in [0.15, 0.2) is 6.61 Å². The maximum absolute atomic E-state index is 12.9. The summed E-state index contributed by atoms with van der Waals surface area (Å²) in [6.45, 7) is -0.319. The predicted octanol–water partition coefficient (Wildman–Crippen LogP) is 5.25. The molecule has 4 amide bonds. The number of nitrogens with zero attached hydrogens (tertiary/aromatic N) is 1. The SMILES string of the molecule is O=C(COc1ccc(/C=C2/NC(=O)N(c3cccc(Cl)c3)C2=O)cc1Cl)Nc1ccc(F)cc1. The number of hydrogen-bond donors (Lipinski definition) is 2. The van der Waals surface area contributed by atoms with Gasteiger partial charge in [0, 0.05) is 10.7 Å². The Hall–Kier alpha value is -3.88. The highest BCUT2D eigenvalue weighted by Gasteiger charge is 2.34. The zero-order chi connectivity index (χ0) is 24.2. The average Bonchev–Trinajstić information content (AvgIpc) is 3.07. The predicted molar refractivity (Wildman–Crippen MR) is 127 cm³/mol. The Labute approximate surface area is 203 Å². The Kier molecular flexibility index (Phi) is 6.81. The largest absolute Gasteiger partial charge is 0.482 e. The highest BCUT2D eigenvalue weighted by molar-refractivity contribution is 6.33. The van der Waals surface area contributed by atoms with Crippen LogP contribution in [0.5, 0.6) is 5.75 Å². The number of amides is 4. The Morgan fingerprint density at radius 3 is 2.53 bits per heavy atom. The molecule has 10 heteroatoms. The fourth-order valence-corrected chi connectivity index (χ4v) is 3.58. The average molecular weight is 500 g/mol. The zero-order valence-corrected chi connectivity index (χ0v) is 18.9. The van der Waals surface area contributed by atoms with Gasteiger partial charge >= 0.3 is 6.03 Å². The highest BCUT2D eigenvalue weighted by atomic mass is 35.5. The zero-order valence-electron chi connectivity index (χ0n) is 17.3. The first kappa shape index (κ1) is 23.3. The molecule has 0 unspecified atom stereocenters. The number of hydrogen-bond acceptors (Lipinski definition) is 4. The Balaban J connectivity index is 1.41. The summed E-state index contributed by atoms with van der Waals surface area (Å²) < 4.78 is 18.4. The third-order valence-electron chi connectivity index (χ3n) is 4.70. The summed E-state index contributed by atoms with van der Waals surface area (Å²) in [5.74, 6) is -1.15. The molecule has 0 aliphatic carbocycles. The van der Waals surface area contributed by atoms with Crippen LogP contribution in [-0.2, 0) is 9.59 Å². The molecule has 4 rings (SSSR count). The van der Waals surface area contributed by atoms with E-state index in [-0.39, 0.29) is 23.1 Å². The number of carbonyl (C=O) groups excluding carboxylic acids is 3. The summed E-state index contributed by atoms with van der Waals surface area (Å²) >= 11 is 12.2. The van der Waals surface area contributed by atoms with Gasteiger partial charge in [-0.25, -0.2) is 14.1 Å². The number of urea groups is 1. The van der Waals surface area contributed by atoms with Crippen molar-refractivity contribution in [3.05, 3.63) is 93.9 Å². The molecule has 3 aromatic rings. The van der Waals surface area contributed by atoms with E-state index >= 15 is 0 Å². The number of benzene rings is 3. The van der Waals surface area contributed by atoms with Crippen LogP contribution in [0.15, 0.2) is 72.4 Å². The molecule has 172 valence electrons. The molecule has 0 saturated carbocycles. The summed E-state index contributed by atoms with van der Waals surface area (Å²) in [4.78, 5) is 38.1. The van der Waals surface area contributed by atoms with Crippen LogP contribution in [0.1, 0.15) is 5.56 Å². The minimum atomic E-state index is -0.600. The lowest BCUT2D eigenvalue weighted by molar-refractivity contribution is -0.118. The molecule has 1 fully saturated rings. The van der Waals surface area contributed by atoms with Crippen LogP contribution in [0.4, 0.5) is 20.6 Å². The van der Waals surface area contributed by atoms with Crippen molar-refractivity contribution in [1.82, 2.24) is 5.32 Å². The first-order chi connectivity index (χ1) is 16.3. The van der Waals surface area contributed by atoms with Crippen molar-refractivity contribution in [3.8, 4) is 5.75 Å². The van der Waals surface area contributed by atoms with Crippen LogP contribution < -0.4 is 20.3 Å². The van der Waals surface area contributed by atoms with E-state index in [0.717, 1.165) is 4.90 Å². The summed E-state index contributed by atoms with van der Waals surface area (Å²) in [5.41, 5.74) is 1.37. The summed E-state index contributed by atoms with van der Waals surface area (Å²) in [6.07, 6.45) is 1.47. The van der Waals surface area contributed by atoms with Gasteiger partial charge in [-0.1, -0.05) is 35.3 Å².